The van der Waals surface area contributed by atoms with E-state index in [1.165, 1.54) is 32.5 Å². The predicted molar refractivity (Wildman–Crippen MR) is 63.9 cm³/mol. The van der Waals surface area contributed by atoms with Crippen LogP contribution in [0, 0.1) is 0 Å². The van der Waals surface area contributed by atoms with Crippen LogP contribution in [0.15, 0.2) is 0 Å². The molecule has 0 bridgehead atoms. The summed E-state index contributed by atoms with van der Waals surface area (Å²) in [6, 6.07) is 0. The minimum atomic E-state index is 0.350. The van der Waals surface area contributed by atoms with Gasteiger partial charge in [-0.2, -0.15) is 11.8 Å². The van der Waals surface area contributed by atoms with Crippen LogP contribution in [0.3, 0.4) is 0 Å². The molecule has 14 heavy (non-hydrogen) atoms. The highest BCUT2D eigenvalue weighted by molar-refractivity contribution is 8.00. The van der Waals surface area contributed by atoms with Gasteiger partial charge < -0.3 is 10.0 Å². The molecule has 0 radical (unpaired) electrons. The van der Waals surface area contributed by atoms with Crippen LogP contribution < -0.4 is 0 Å². The Morgan fingerprint density at radius 1 is 1.14 bits per heavy atom. The molecule has 0 aliphatic carbocycles. The fourth-order valence-electron chi connectivity index (χ4n) is 2.09. The van der Waals surface area contributed by atoms with Crippen molar-refractivity contribution in [2.24, 2.45) is 0 Å². The van der Waals surface area contributed by atoms with Gasteiger partial charge in [0, 0.05) is 30.2 Å². The topological polar surface area (TPSA) is 23.5 Å². The molecule has 1 saturated heterocycles. The number of thioether (sulfide) groups is 1. The number of rotatable bonds is 5. The van der Waals surface area contributed by atoms with E-state index in [0.29, 0.717) is 6.61 Å². The number of unbranched alkanes of at least 4 members (excludes halogenated alkanes) is 2. The Morgan fingerprint density at radius 2 is 1.79 bits per heavy atom. The van der Waals surface area contributed by atoms with E-state index >= 15 is 0 Å². The first-order valence-electron chi connectivity index (χ1n) is 5.71. The minimum Gasteiger partial charge on any atom is -0.396 e. The third-order valence-electron chi connectivity index (χ3n) is 2.63. The van der Waals surface area contributed by atoms with Crippen LogP contribution >= 0.6 is 11.8 Å². The molecule has 1 N–H and O–H groups in total. The highest BCUT2D eigenvalue weighted by Crippen LogP contribution is 2.24. The zero-order valence-electron chi connectivity index (χ0n) is 9.41. The smallest absolute Gasteiger partial charge is 0.0431 e. The van der Waals surface area contributed by atoms with Gasteiger partial charge in [-0.05, 0) is 25.8 Å². The summed E-state index contributed by atoms with van der Waals surface area (Å²) in [6.07, 6.45) is 3.38. The summed E-state index contributed by atoms with van der Waals surface area (Å²) in [5, 5.41) is 10.2. The third-order valence-corrected chi connectivity index (χ3v) is 3.86. The standard InChI is InChI=1S/C11H23NOS/c1-10-8-12(9-11(2)14-10)6-4-3-5-7-13/h10-11,13H,3-9H2,1-2H3. The van der Waals surface area contributed by atoms with Gasteiger partial charge >= 0.3 is 0 Å². The minimum absolute atomic E-state index is 0.350. The van der Waals surface area contributed by atoms with Crippen molar-refractivity contribution < 1.29 is 5.11 Å². The average Bonchev–Trinajstić information content (AvgIpc) is 2.11. The van der Waals surface area contributed by atoms with Gasteiger partial charge in [0.1, 0.15) is 0 Å². The van der Waals surface area contributed by atoms with Crippen molar-refractivity contribution in [1.82, 2.24) is 4.90 Å². The van der Waals surface area contributed by atoms with E-state index in [2.05, 4.69) is 30.5 Å². The summed E-state index contributed by atoms with van der Waals surface area (Å²) in [5.41, 5.74) is 0. The van der Waals surface area contributed by atoms with E-state index < -0.39 is 0 Å². The Hall–Kier alpha value is 0.270. The Labute approximate surface area is 92.1 Å². The van der Waals surface area contributed by atoms with Gasteiger partial charge in [0.05, 0.1) is 0 Å². The van der Waals surface area contributed by atoms with E-state index in [4.69, 9.17) is 5.11 Å². The molecule has 0 saturated carbocycles. The van der Waals surface area contributed by atoms with E-state index in [0.717, 1.165) is 16.9 Å². The zero-order chi connectivity index (χ0) is 10.4. The van der Waals surface area contributed by atoms with E-state index in [9.17, 15) is 0 Å². The normalized spacial score (nSPS) is 29.4. The second-order valence-corrected chi connectivity index (χ2v) is 6.18. The molecule has 1 aliphatic heterocycles. The van der Waals surface area contributed by atoms with Gasteiger partial charge in [-0.1, -0.05) is 13.8 Å². The van der Waals surface area contributed by atoms with Crippen LogP contribution in [-0.4, -0.2) is 46.7 Å². The molecule has 3 heteroatoms. The van der Waals surface area contributed by atoms with Crippen LogP contribution in [0.2, 0.25) is 0 Å². The lowest BCUT2D eigenvalue weighted by Crippen LogP contribution is -2.40. The first kappa shape index (κ1) is 12.3. The fourth-order valence-corrected chi connectivity index (χ4v) is 3.48. The molecule has 0 spiro atoms. The molecule has 1 aliphatic rings. The zero-order valence-corrected chi connectivity index (χ0v) is 10.2. The summed E-state index contributed by atoms with van der Waals surface area (Å²) in [5.74, 6) is 0. The molecular formula is C11H23NOS. The van der Waals surface area contributed by atoms with Crippen LogP contribution in [0.25, 0.3) is 0 Å². The molecule has 84 valence electrons. The van der Waals surface area contributed by atoms with Crippen LogP contribution in [0.4, 0.5) is 0 Å². The maximum atomic E-state index is 8.67. The molecule has 2 unspecified atom stereocenters. The number of aliphatic hydroxyl groups excluding tert-OH is 1. The van der Waals surface area contributed by atoms with Crippen molar-refractivity contribution in [3.8, 4) is 0 Å². The maximum absolute atomic E-state index is 8.67. The van der Waals surface area contributed by atoms with Crippen LogP contribution in [0.5, 0.6) is 0 Å². The highest BCUT2D eigenvalue weighted by Gasteiger charge is 2.21. The molecule has 0 aromatic rings. The number of aliphatic hydroxyl groups is 1. The molecule has 1 rings (SSSR count). The van der Waals surface area contributed by atoms with Gasteiger partial charge in [-0.15, -0.1) is 0 Å². The fraction of sp³-hybridized carbons (Fsp3) is 1.00. The number of hydrogen-bond donors (Lipinski definition) is 1. The molecule has 0 aromatic heterocycles. The third kappa shape index (κ3) is 4.67. The quantitative estimate of drug-likeness (QED) is 0.712. The predicted octanol–water partition coefficient (Wildman–Crippen LogP) is 1.97. The van der Waals surface area contributed by atoms with E-state index in [1.54, 1.807) is 0 Å². The van der Waals surface area contributed by atoms with Crippen molar-refractivity contribution in [2.75, 3.05) is 26.2 Å². The Bertz CT molecular complexity index is 144. The molecule has 2 nitrogen and oxygen atoms in total. The van der Waals surface area contributed by atoms with E-state index in [-0.39, 0.29) is 0 Å². The lowest BCUT2D eigenvalue weighted by atomic mass is 10.2. The van der Waals surface area contributed by atoms with Gasteiger partial charge in [0.15, 0.2) is 0 Å². The lowest BCUT2D eigenvalue weighted by Gasteiger charge is -2.34. The highest BCUT2D eigenvalue weighted by atomic mass is 32.2. The van der Waals surface area contributed by atoms with Crippen LogP contribution in [-0.2, 0) is 0 Å². The Morgan fingerprint density at radius 3 is 2.36 bits per heavy atom. The molecular weight excluding hydrogens is 194 g/mol. The first-order chi connectivity index (χ1) is 6.72. The van der Waals surface area contributed by atoms with E-state index in [1.807, 2.05) is 0 Å². The monoisotopic (exact) mass is 217 g/mol. The Balaban J connectivity index is 2.10. The molecule has 1 heterocycles. The average molecular weight is 217 g/mol. The first-order valence-corrected chi connectivity index (χ1v) is 6.65. The Kier molecular flexibility index (Phi) is 5.90. The summed E-state index contributed by atoms with van der Waals surface area (Å²) in [4.78, 5) is 2.57. The molecule has 0 aromatic carbocycles. The molecule has 0 amide bonds. The van der Waals surface area contributed by atoms with Crippen molar-refractivity contribution in [2.45, 2.75) is 43.6 Å². The van der Waals surface area contributed by atoms with Gasteiger partial charge in [0.25, 0.3) is 0 Å². The maximum Gasteiger partial charge on any atom is 0.0431 e. The van der Waals surface area contributed by atoms with Crippen molar-refractivity contribution in [3.63, 3.8) is 0 Å². The largest absolute Gasteiger partial charge is 0.396 e. The second-order valence-electron chi connectivity index (χ2n) is 4.30. The number of nitrogens with zero attached hydrogens (tertiary/aromatic N) is 1. The summed E-state index contributed by atoms with van der Waals surface area (Å²) < 4.78 is 0. The molecule has 1 fully saturated rings. The van der Waals surface area contributed by atoms with Gasteiger partial charge in [-0.3, -0.25) is 0 Å². The van der Waals surface area contributed by atoms with Crippen molar-refractivity contribution >= 4 is 11.8 Å². The lowest BCUT2D eigenvalue weighted by molar-refractivity contribution is 0.250. The summed E-state index contributed by atoms with van der Waals surface area (Å²) in [6.45, 7) is 8.70. The second kappa shape index (κ2) is 6.70. The van der Waals surface area contributed by atoms with Crippen molar-refractivity contribution in [3.05, 3.63) is 0 Å². The summed E-state index contributed by atoms with van der Waals surface area (Å²) >= 11 is 2.11. The van der Waals surface area contributed by atoms with Gasteiger partial charge in [0.2, 0.25) is 0 Å². The van der Waals surface area contributed by atoms with Gasteiger partial charge in [-0.25, -0.2) is 0 Å². The summed E-state index contributed by atoms with van der Waals surface area (Å²) in [7, 11) is 0. The van der Waals surface area contributed by atoms with Crippen LogP contribution in [0.1, 0.15) is 33.1 Å². The SMILES string of the molecule is CC1CN(CCCCCO)CC(C)S1. The molecule has 2 atom stereocenters. The van der Waals surface area contributed by atoms with Crippen molar-refractivity contribution in [1.29, 1.82) is 0 Å². The number of hydrogen-bond acceptors (Lipinski definition) is 3.